The van der Waals surface area contributed by atoms with Crippen LogP contribution in [0.4, 0.5) is 0 Å². The zero-order chi connectivity index (χ0) is 15.5. The Labute approximate surface area is 132 Å². The smallest absolute Gasteiger partial charge is 0.219 e. The number of benzene rings is 1. The lowest BCUT2D eigenvalue weighted by atomic mass is 9.84. The van der Waals surface area contributed by atoms with Gasteiger partial charge < -0.3 is 9.64 Å². The second kappa shape index (κ2) is 6.39. The molecule has 0 N–H and O–H groups in total. The normalized spacial score (nSPS) is 20.8. The molecule has 0 aromatic heterocycles. The summed E-state index contributed by atoms with van der Waals surface area (Å²) in [5.74, 6) is 1.04. The molecule has 1 atom stereocenters. The van der Waals surface area contributed by atoms with Crippen molar-refractivity contribution < 1.29 is 9.53 Å². The van der Waals surface area contributed by atoms with Crippen molar-refractivity contribution in [2.45, 2.75) is 38.6 Å². The van der Waals surface area contributed by atoms with E-state index in [0.29, 0.717) is 0 Å². The largest absolute Gasteiger partial charge is 0.497 e. The average molecular weight is 297 g/mol. The molecule has 0 radical (unpaired) electrons. The first-order valence-corrected chi connectivity index (χ1v) is 7.97. The van der Waals surface area contributed by atoms with E-state index in [9.17, 15) is 4.79 Å². The van der Waals surface area contributed by atoms with Crippen LogP contribution in [0.3, 0.4) is 0 Å². The van der Waals surface area contributed by atoms with Crippen LogP contribution in [-0.4, -0.2) is 30.5 Å². The van der Waals surface area contributed by atoms with Gasteiger partial charge in [0.15, 0.2) is 0 Å². The third-order valence-corrected chi connectivity index (χ3v) is 4.70. The zero-order valence-corrected chi connectivity index (χ0v) is 13.3. The predicted molar refractivity (Wildman–Crippen MR) is 87.9 cm³/mol. The number of allylic oxidation sites excluding steroid dienone is 1. The summed E-state index contributed by atoms with van der Waals surface area (Å²) in [6.07, 6.45) is 8.65. The third-order valence-electron chi connectivity index (χ3n) is 4.70. The first kappa shape index (κ1) is 14.9. The first-order valence-electron chi connectivity index (χ1n) is 7.97. The van der Waals surface area contributed by atoms with Gasteiger partial charge in [0.25, 0.3) is 0 Å². The van der Waals surface area contributed by atoms with Gasteiger partial charge in [0.05, 0.1) is 13.2 Å². The molecule has 1 heterocycles. The van der Waals surface area contributed by atoms with E-state index in [4.69, 9.17) is 4.74 Å². The number of nitrogens with zero attached hydrogens (tertiary/aromatic N) is 1. The number of hydrogen-bond acceptors (Lipinski definition) is 2. The van der Waals surface area contributed by atoms with Crippen LogP contribution in [0.2, 0.25) is 0 Å². The molecule has 1 aromatic rings. The highest BCUT2D eigenvalue weighted by atomic mass is 16.5. The summed E-state index contributed by atoms with van der Waals surface area (Å²) < 4.78 is 5.22. The fourth-order valence-electron chi connectivity index (χ4n) is 3.51. The molecule has 2 aliphatic rings. The number of carbonyl (C=O) groups excluding carboxylic acids is 1. The molecule has 1 aliphatic carbocycles. The lowest BCUT2D eigenvalue weighted by molar-refractivity contribution is -0.130. The maximum Gasteiger partial charge on any atom is 0.219 e. The summed E-state index contributed by atoms with van der Waals surface area (Å²) in [6.45, 7) is 2.53. The third kappa shape index (κ3) is 2.94. The number of carbonyl (C=O) groups is 1. The monoisotopic (exact) mass is 297 g/mol. The van der Waals surface area contributed by atoms with E-state index < -0.39 is 0 Å². The van der Waals surface area contributed by atoms with E-state index in [1.165, 1.54) is 11.1 Å². The molecular weight excluding hydrogens is 274 g/mol. The van der Waals surface area contributed by atoms with Crippen molar-refractivity contribution in [3.8, 4) is 5.75 Å². The Morgan fingerprint density at radius 1 is 1.27 bits per heavy atom. The van der Waals surface area contributed by atoms with E-state index in [-0.39, 0.29) is 11.9 Å². The highest BCUT2D eigenvalue weighted by Gasteiger charge is 2.30. The van der Waals surface area contributed by atoms with Crippen LogP contribution in [0, 0.1) is 0 Å². The fourth-order valence-corrected chi connectivity index (χ4v) is 3.51. The lowest BCUT2D eigenvalue weighted by Crippen LogP contribution is -2.45. The fraction of sp³-hybridized carbons (Fsp3) is 0.421. The summed E-state index contributed by atoms with van der Waals surface area (Å²) in [7, 11) is 1.68. The highest BCUT2D eigenvalue weighted by molar-refractivity contribution is 5.75. The molecule has 0 spiro atoms. The molecule has 116 valence electrons. The predicted octanol–water partition coefficient (Wildman–Crippen LogP) is 3.51. The van der Waals surface area contributed by atoms with Gasteiger partial charge in [0, 0.05) is 13.5 Å². The summed E-state index contributed by atoms with van der Waals surface area (Å²) in [5.41, 5.74) is 4.15. The number of methoxy groups -OCH3 is 1. The minimum Gasteiger partial charge on any atom is -0.497 e. The maximum atomic E-state index is 12.0. The number of amides is 1. The van der Waals surface area contributed by atoms with E-state index in [0.717, 1.165) is 38.0 Å². The van der Waals surface area contributed by atoms with Crippen molar-refractivity contribution in [1.82, 2.24) is 4.90 Å². The van der Waals surface area contributed by atoms with Crippen LogP contribution in [-0.2, 0) is 11.2 Å². The van der Waals surface area contributed by atoms with Gasteiger partial charge in [-0.25, -0.2) is 0 Å². The Morgan fingerprint density at radius 3 is 2.73 bits per heavy atom. The van der Waals surface area contributed by atoms with E-state index in [2.05, 4.69) is 24.3 Å². The van der Waals surface area contributed by atoms with Crippen molar-refractivity contribution >= 4 is 5.91 Å². The Bertz CT molecular complexity index is 613. The molecule has 3 rings (SSSR count). The Kier molecular flexibility index (Phi) is 4.32. The van der Waals surface area contributed by atoms with Crippen LogP contribution in [0.5, 0.6) is 5.75 Å². The van der Waals surface area contributed by atoms with Gasteiger partial charge >= 0.3 is 0 Å². The van der Waals surface area contributed by atoms with E-state index in [1.807, 2.05) is 17.0 Å². The molecule has 1 unspecified atom stereocenters. The highest BCUT2D eigenvalue weighted by Crippen LogP contribution is 2.33. The summed E-state index contributed by atoms with van der Waals surface area (Å²) >= 11 is 0. The van der Waals surface area contributed by atoms with Gasteiger partial charge in [-0.3, -0.25) is 4.79 Å². The topological polar surface area (TPSA) is 29.5 Å². The number of rotatable bonds is 3. The molecule has 1 aromatic carbocycles. The van der Waals surface area contributed by atoms with Crippen LogP contribution in [0.25, 0.3) is 0 Å². The molecule has 0 saturated carbocycles. The van der Waals surface area contributed by atoms with Gasteiger partial charge in [-0.1, -0.05) is 29.9 Å². The quantitative estimate of drug-likeness (QED) is 0.854. The molecule has 3 nitrogen and oxygen atoms in total. The van der Waals surface area contributed by atoms with Gasteiger partial charge in [-0.2, -0.15) is 0 Å². The summed E-state index contributed by atoms with van der Waals surface area (Å²) in [6, 6.07) is 8.34. The molecular formula is C19H23NO2. The zero-order valence-electron chi connectivity index (χ0n) is 13.3. The molecule has 0 fully saturated rings. The Morgan fingerprint density at radius 2 is 2.05 bits per heavy atom. The number of hydrogen-bond donors (Lipinski definition) is 0. The molecule has 0 bridgehead atoms. The minimum atomic E-state index is 0.170. The number of ether oxygens (including phenoxy) is 1. The minimum absolute atomic E-state index is 0.170. The van der Waals surface area contributed by atoms with Crippen LogP contribution in [0.1, 0.15) is 31.7 Å². The van der Waals surface area contributed by atoms with Crippen molar-refractivity contribution in [3.05, 3.63) is 53.1 Å². The lowest BCUT2D eigenvalue weighted by Gasteiger charge is -2.39. The molecule has 3 heteroatoms. The van der Waals surface area contributed by atoms with Gasteiger partial charge in [0.2, 0.25) is 5.91 Å². The molecule has 1 aliphatic heterocycles. The average Bonchev–Trinajstić information content (AvgIpc) is 2.55. The van der Waals surface area contributed by atoms with Gasteiger partial charge in [0.1, 0.15) is 5.75 Å². The summed E-state index contributed by atoms with van der Waals surface area (Å²) in [5, 5.41) is 0. The van der Waals surface area contributed by atoms with Crippen molar-refractivity contribution in [1.29, 1.82) is 0 Å². The van der Waals surface area contributed by atoms with Crippen molar-refractivity contribution in [2.75, 3.05) is 13.7 Å². The maximum absolute atomic E-state index is 12.0. The SMILES string of the molecule is COc1ccc(CC2C3=C(CCC=C3)CCN2C(C)=O)cc1. The Balaban J connectivity index is 1.88. The summed E-state index contributed by atoms with van der Waals surface area (Å²) in [4.78, 5) is 14.1. The Hall–Kier alpha value is -2.03. The van der Waals surface area contributed by atoms with E-state index >= 15 is 0 Å². The van der Waals surface area contributed by atoms with E-state index in [1.54, 1.807) is 19.6 Å². The van der Waals surface area contributed by atoms with Crippen LogP contribution < -0.4 is 4.74 Å². The van der Waals surface area contributed by atoms with Crippen LogP contribution >= 0.6 is 0 Å². The second-order valence-electron chi connectivity index (χ2n) is 6.03. The second-order valence-corrected chi connectivity index (χ2v) is 6.03. The van der Waals surface area contributed by atoms with Crippen molar-refractivity contribution in [3.63, 3.8) is 0 Å². The molecule has 22 heavy (non-hydrogen) atoms. The van der Waals surface area contributed by atoms with Crippen molar-refractivity contribution in [2.24, 2.45) is 0 Å². The van der Waals surface area contributed by atoms with Crippen LogP contribution in [0.15, 0.2) is 47.6 Å². The van der Waals surface area contributed by atoms with Gasteiger partial charge in [-0.05, 0) is 49.0 Å². The standard InChI is InChI=1S/C19H23NO2/c1-14(21)20-12-11-16-5-3-4-6-18(16)19(20)13-15-7-9-17(22-2)10-8-15/h4,6-10,19H,3,5,11-13H2,1-2H3. The molecule has 0 saturated heterocycles. The molecule has 1 amide bonds. The van der Waals surface area contributed by atoms with Gasteiger partial charge in [-0.15, -0.1) is 0 Å². The first-order chi connectivity index (χ1) is 10.7.